The normalized spacial score (nSPS) is 14.8. The first-order chi connectivity index (χ1) is 7.85. The van der Waals surface area contributed by atoms with Gasteiger partial charge < -0.3 is 10.9 Å². The van der Waals surface area contributed by atoms with Gasteiger partial charge in [-0.05, 0) is 26.0 Å². The molecular formula is C9H15N3O3S2. The van der Waals surface area contributed by atoms with Crippen LogP contribution in [0.4, 0.5) is 0 Å². The Labute approximate surface area is 104 Å². The van der Waals surface area contributed by atoms with Gasteiger partial charge in [0, 0.05) is 17.3 Å². The molecule has 4 N–H and O–H groups in total. The Hall–Kier alpha value is -1.12. The van der Waals surface area contributed by atoms with Crippen LogP contribution in [0.3, 0.4) is 0 Å². The topological polar surface area (TPSA) is 105 Å². The van der Waals surface area contributed by atoms with Gasteiger partial charge in [-0.15, -0.1) is 11.3 Å². The molecule has 1 aromatic heterocycles. The van der Waals surface area contributed by atoms with Crippen LogP contribution in [0.5, 0.6) is 0 Å². The summed E-state index contributed by atoms with van der Waals surface area (Å²) in [5.74, 6) is -0.0115. The highest BCUT2D eigenvalue weighted by Crippen LogP contribution is 2.20. The van der Waals surface area contributed by atoms with E-state index in [1.165, 1.54) is 11.3 Å². The lowest BCUT2D eigenvalue weighted by Crippen LogP contribution is -2.35. The molecule has 1 aromatic rings. The zero-order chi connectivity index (χ0) is 13.1. The second kappa shape index (κ2) is 5.48. The van der Waals surface area contributed by atoms with E-state index in [-0.39, 0.29) is 16.5 Å². The summed E-state index contributed by atoms with van der Waals surface area (Å²) in [6.45, 7) is 3.49. The molecule has 0 aromatic carbocycles. The van der Waals surface area contributed by atoms with Crippen molar-refractivity contribution in [3.8, 4) is 0 Å². The number of rotatable bonds is 5. The number of hydrogen-bond acceptors (Lipinski definition) is 5. The lowest BCUT2D eigenvalue weighted by atomic mass is 10.2. The van der Waals surface area contributed by atoms with Crippen molar-refractivity contribution in [3.05, 3.63) is 17.0 Å². The first-order valence-electron chi connectivity index (χ1n) is 4.90. The van der Waals surface area contributed by atoms with Gasteiger partial charge in [0.15, 0.2) is 0 Å². The van der Waals surface area contributed by atoms with Crippen LogP contribution >= 0.6 is 11.3 Å². The van der Waals surface area contributed by atoms with Crippen LogP contribution in [0.2, 0.25) is 0 Å². The molecule has 0 fully saturated rings. The van der Waals surface area contributed by atoms with Gasteiger partial charge in [0.25, 0.3) is 0 Å². The third kappa shape index (κ3) is 3.99. The summed E-state index contributed by atoms with van der Waals surface area (Å²) in [6, 6.07) is 2.87. The first-order valence-corrected chi connectivity index (χ1v) is 7.20. The van der Waals surface area contributed by atoms with Crippen LogP contribution in [-0.4, -0.2) is 25.5 Å². The van der Waals surface area contributed by atoms with E-state index in [0.29, 0.717) is 0 Å². The fraction of sp³-hybridized carbons (Fsp3) is 0.444. The largest absolute Gasteiger partial charge is 0.409 e. The molecule has 0 aliphatic heterocycles. The van der Waals surface area contributed by atoms with E-state index in [2.05, 4.69) is 9.88 Å². The van der Waals surface area contributed by atoms with Crippen molar-refractivity contribution in [3.63, 3.8) is 0 Å². The number of nitrogens with zero attached hydrogens (tertiary/aromatic N) is 1. The predicted molar refractivity (Wildman–Crippen MR) is 66.9 cm³/mol. The molecule has 1 heterocycles. The molecule has 0 aliphatic carbocycles. The summed E-state index contributed by atoms with van der Waals surface area (Å²) < 4.78 is 26.5. The summed E-state index contributed by atoms with van der Waals surface area (Å²) >= 11 is 1.20. The Morgan fingerprint density at radius 1 is 1.65 bits per heavy atom. The molecule has 1 unspecified atom stereocenters. The molecule has 6 nitrogen and oxygen atoms in total. The summed E-state index contributed by atoms with van der Waals surface area (Å²) in [6.07, 6.45) is 0.153. The van der Waals surface area contributed by atoms with E-state index in [1.54, 1.807) is 19.1 Å². The van der Waals surface area contributed by atoms with Gasteiger partial charge in [-0.3, -0.25) is 0 Å². The van der Waals surface area contributed by atoms with E-state index < -0.39 is 16.1 Å². The molecule has 1 rings (SSSR count). The number of aryl methyl sites for hydroxylation is 1. The lowest BCUT2D eigenvalue weighted by Gasteiger charge is -2.12. The molecule has 0 saturated heterocycles. The van der Waals surface area contributed by atoms with Crippen LogP contribution in [0.1, 0.15) is 18.2 Å². The molecule has 0 radical (unpaired) electrons. The van der Waals surface area contributed by atoms with Crippen molar-refractivity contribution >= 4 is 27.2 Å². The van der Waals surface area contributed by atoms with Gasteiger partial charge in [0.2, 0.25) is 10.0 Å². The highest BCUT2D eigenvalue weighted by molar-refractivity contribution is 7.91. The molecule has 0 aliphatic rings. The van der Waals surface area contributed by atoms with Crippen LogP contribution < -0.4 is 10.5 Å². The summed E-state index contributed by atoms with van der Waals surface area (Å²) in [7, 11) is -3.52. The SMILES string of the molecule is Cc1ccc(S(=O)(=O)NC(C)CC(N)=NO)s1. The number of sulfonamides is 1. The van der Waals surface area contributed by atoms with Crippen LogP contribution in [0.25, 0.3) is 0 Å². The minimum atomic E-state index is -3.52. The van der Waals surface area contributed by atoms with Gasteiger partial charge in [-0.1, -0.05) is 5.16 Å². The maximum absolute atomic E-state index is 11.9. The fourth-order valence-electron chi connectivity index (χ4n) is 1.28. The van der Waals surface area contributed by atoms with Crippen molar-refractivity contribution in [2.45, 2.75) is 30.5 Å². The van der Waals surface area contributed by atoms with Crippen LogP contribution in [-0.2, 0) is 10.0 Å². The molecule has 0 amide bonds. The van der Waals surface area contributed by atoms with Gasteiger partial charge in [-0.2, -0.15) is 0 Å². The highest BCUT2D eigenvalue weighted by Gasteiger charge is 2.19. The first kappa shape index (κ1) is 13.9. The molecule has 0 bridgehead atoms. The third-order valence-electron chi connectivity index (χ3n) is 1.98. The van der Waals surface area contributed by atoms with E-state index >= 15 is 0 Å². The highest BCUT2D eigenvalue weighted by atomic mass is 32.2. The standard InChI is InChI=1S/C9H15N3O3S2/c1-6(5-8(10)11-13)12-17(14,15)9-4-3-7(2)16-9/h3-4,6,12-13H,5H2,1-2H3,(H2,10,11). The minimum Gasteiger partial charge on any atom is -0.409 e. The van der Waals surface area contributed by atoms with Gasteiger partial charge in [-0.25, -0.2) is 13.1 Å². The zero-order valence-corrected chi connectivity index (χ0v) is 11.2. The Morgan fingerprint density at radius 2 is 2.29 bits per heavy atom. The van der Waals surface area contributed by atoms with Crippen LogP contribution in [0, 0.1) is 6.92 Å². The van der Waals surface area contributed by atoms with E-state index in [4.69, 9.17) is 10.9 Å². The number of thiophene rings is 1. The molecule has 1 atom stereocenters. The molecule has 8 heteroatoms. The van der Waals surface area contributed by atoms with Crippen molar-refractivity contribution in [1.82, 2.24) is 4.72 Å². The fourth-order valence-corrected chi connectivity index (χ4v) is 3.82. The number of hydrogen-bond donors (Lipinski definition) is 3. The molecule has 96 valence electrons. The van der Waals surface area contributed by atoms with Crippen LogP contribution in [0.15, 0.2) is 21.5 Å². The van der Waals surface area contributed by atoms with Gasteiger partial charge in [0.1, 0.15) is 10.0 Å². The second-order valence-corrected chi connectivity index (χ2v) is 6.91. The number of oxime groups is 1. The maximum atomic E-state index is 11.9. The number of amidine groups is 1. The molecule has 0 saturated carbocycles. The Bertz CT molecular complexity index is 507. The average molecular weight is 277 g/mol. The molecule has 0 spiro atoms. The average Bonchev–Trinajstić information content (AvgIpc) is 2.64. The van der Waals surface area contributed by atoms with Crippen molar-refractivity contribution < 1.29 is 13.6 Å². The maximum Gasteiger partial charge on any atom is 0.250 e. The van der Waals surface area contributed by atoms with Gasteiger partial charge in [0.05, 0.1) is 0 Å². The summed E-state index contributed by atoms with van der Waals surface area (Å²) in [4.78, 5) is 0.925. The molecular weight excluding hydrogens is 262 g/mol. The quantitative estimate of drug-likeness (QED) is 0.321. The Balaban J connectivity index is 2.74. The monoisotopic (exact) mass is 277 g/mol. The summed E-state index contributed by atoms with van der Waals surface area (Å²) in [5, 5.41) is 11.2. The summed E-state index contributed by atoms with van der Waals surface area (Å²) in [5.41, 5.74) is 5.30. The van der Waals surface area contributed by atoms with Gasteiger partial charge >= 0.3 is 0 Å². The number of nitrogens with one attached hydrogen (secondary N) is 1. The number of nitrogens with two attached hydrogens (primary N) is 1. The minimum absolute atomic E-state index is 0.0115. The second-order valence-electron chi connectivity index (χ2n) is 3.68. The van der Waals surface area contributed by atoms with Crippen molar-refractivity contribution in [2.24, 2.45) is 10.9 Å². The smallest absolute Gasteiger partial charge is 0.250 e. The predicted octanol–water partition coefficient (Wildman–Crippen LogP) is 0.860. The lowest BCUT2D eigenvalue weighted by molar-refractivity contribution is 0.316. The van der Waals surface area contributed by atoms with Crippen molar-refractivity contribution in [2.75, 3.05) is 0 Å². The third-order valence-corrected chi connectivity index (χ3v) is 5.06. The van der Waals surface area contributed by atoms with E-state index in [9.17, 15) is 8.42 Å². The van der Waals surface area contributed by atoms with Crippen molar-refractivity contribution in [1.29, 1.82) is 0 Å². The van der Waals surface area contributed by atoms with E-state index in [0.717, 1.165) is 4.88 Å². The Kier molecular flexibility index (Phi) is 4.49. The van der Waals surface area contributed by atoms with E-state index in [1.807, 2.05) is 6.92 Å². The Morgan fingerprint density at radius 3 is 2.76 bits per heavy atom. The molecule has 17 heavy (non-hydrogen) atoms. The zero-order valence-electron chi connectivity index (χ0n) is 9.54.